The summed E-state index contributed by atoms with van der Waals surface area (Å²) in [6.07, 6.45) is 3.41. The predicted octanol–water partition coefficient (Wildman–Crippen LogP) is 2.08. The first-order valence-corrected chi connectivity index (χ1v) is 7.14. The first kappa shape index (κ1) is 11.6. The molecule has 4 nitrogen and oxygen atoms in total. The van der Waals surface area contributed by atoms with Crippen LogP contribution < -0.4 is 4.74 Å². The van der Waals surface area contributed by atoms with Gasteiger partial charge in [-0.25, -0.2) is 0 Å². The van der Waals surface area contributed by atoms with Gasteiger partial charge in [-0.1, -0.05) is 0 Å². The number of aromatic hydroxyl groups is 1. The molecule has 1 N–H and O–H groups in total. The lowest BCUT2D eigenvalue weighted by Crippen LogP contribution is -2.56. The Morgan fingerprint density at radius 3 is 2.95 bits per heavy atom. The monoisotopic (exact) mass is 261 g/mol. The molecule has 4 rings (SSSR count). The summed E-state index contributed by atoms with van der Waals surface area (Å²) >= 11 is 0. The van der Waals surface area contributed by atoms with Gasteiger partial charge in [0.1, 0.15) is 11.5 Å². The Balaban J connectivity index is 1.73. The van der Waals surface area contributed by atoms with Crippen LogP contribution in [0.2, 0.25) is 0 Å². The Morgan fingerprint density at radius 1 is 1.26 bits per heavy atom. The van der Waals surface area contributed by atoms with Gasteiger partial charge >= 0.3 is 0 Å². The van der Waals surface area contributed by atoms with Crippen LogP contribution in [-0.2, 0) is 4.74 Å². The van der Waals surface area contributed by atoms with E-state index in [1.807, 2.05) is 12.1 Å². The van der Waals surface area contributed by atoms with Gasteiger partial charge in [-0.05, 0) is 31.0 Å². The summed E-state index contributed by atoms with van der Waals surface area (Å²) in [7, 11) is 0. The molecule has 2 fully saturated rings. The van der Waals surface area contributed by atoms with Gasteiger partial charge in [0, 0.05) is 31.0 Å². The van der Waals surface area contributed by atoms with E-state index in [1.54, 1.807) is 6.07 Å². The highest BCUT2D eigenvalue weighted by Gasteiger charge is 2.55. The van der Waals surface area contributed by atoms with Gasteiger partial charge in [-0.15, -0.1) is 0 Å². The van der Waals surface area contributed by atoms with Crippen molar-refractivity contribution in [3.63, 3.8) is 0 Å². The number of morpholine rings is 1. The largest absolute Gasteiger partial charge is 0.508 e. The van der Waals surface area contributed by atoms with E-state index in [2.05, 4.69) is 4.90 Å². The van der Waals surface area contributed by atoms with Gasteiger partial charge in [0.15, 0.2) is 5.72 Å². The zero-order valence-electron chi connectivity index (χ0n) is 11.0. The standard InChI is InChI=1S/C15H19NO3/c17-11-3-4-14-12(10-11)13-2-1-5-15(13,19-14)16-6-8-18-9-7-16/h3-4,10,13,17H,1-2,5-9H2/t13-,15-/m1/s1. The van der Waals surface area contributed by atoms with Crippen molar-refractivity contribution in [1.29, 1.82) is 0 Å². The van der Waals surface area contributed by atoms with E-state index < -0.39 is 0 Å². The highest BCUT2D eigenvalue weighted by molar-refractivity contribution is 5.47. The SMILES string of the molecule is Oc1ccc2c(c1)[C@H]1CCC[C@@]1(N1CCOCC1)O2. The Morgan fingerprint density at radius 2 is 2.11 bits per heavy atom. The first-order chi connectivity index (χ1) is 9.29. The summed E-state index contributed by atoms with van der Waals surface area (Å²) in [6.45, 7) is 3.46. The summed E-state index contributed by atoms with van der Waals surface area (Å²) in [5.41, 5.74) is 1.00. The Hall–Kier alpha value is -1.26. The van der Waals surface area contributed by atoms with Crippen LogP contribution in [0.4, 0.5) is 0 Å². The lowest BCUT2D eigenvalue weighted by Gasteiger charge is -2.42. The Bertz CT molecular complexity index is 498. The summed E-state index contributed by atoms with van der Waals surface area (Å²) < 4.78 is 11.8. The van der Waals surface area contributed by atoms with E-state index in [4.69, 9.17) is 9.47 Å². The molecule has 1 aromatic carbocycles. The van der Waals surface area contributed by atoms with Crippen molar-refractivity contribution in [3.05, 3.63) is 23.8 Å². The number of ether oxygens (including phenoxy) is 2. The van der Waals surface area contributed by atoms with Crippen molar-refractivity contribution in [2.24, 2.45) is 0 Å². The van der Waals surface area contributed by atoms with Crippen LogP contribution in [-0.4, -0.2) is 42.0 Å². The number of hydrogen-bond acceptors (Lipinski definition) is 4. The molecular weight excluding hydrogens is 242 g/mol. The maximum Gasteiger partial charge on any atom is 0.170 e. The van der Waals surface area contributed by atoms with Gasteiger partial charge in [0.25, 0.3) is 0 Å². The number of hydrogen-bond donors (Lipinski definition) is 1. The molecule has 0 spiro atoms. The van der Waals surface area contributed by atoms with E-state index in [1.165, 1.54) is 12.0 Å². The molecule has 2 aliphatic heterocycles. The highest BCUT2D eigenvalue weighted by atomic mass is 16.5. The fourth-order valence-electron chi connectivity index (χ4n) is 3.96. The molecule has 0 unspecified atom stereocenters. The summed E-state index contributed by atoms with van der Waals surface area (Å²) in [4.78, 5) is 2.45. The average molecular weight is 261 g/mol. The third-order valence-corrected chi connectivity index (χ3v) is 4.77. The minimum atomic E-state index is -0.181. The van der Waals surface area contributed by atoms with Crippen molar-refractivity contribution < 1.29 is 14.6 Å². The number of fused-ring (bicyclic) bond motifs is 3. The van der Waals surface area contributed by atoms with Crippen LogP contribution in [0.3, 0.4) is 0 Å². The van der Waals surface area contributed by atoms with Crippen LogP contribution in [0, 0.1) is 0 Å². The molecule has 0 bridgehead atoms. The zero-order valence-corrected chi connectivity index (χ0v) is 11.0. The maximum atomic E-state index is 9.72. The zero-order chi connectivity index (χ0) is 12.9. The molecule has 4 heteroatoms. The van der Waals surface area contributed by atoms with E-state index >= 15 is 0 Å². The molecule has 1 aliphatic carbocycles. The number of phenolic OH excluding ortho intramolecular Hbond substituents is 1. The fraction of sp³-hybridized carbons (Fsp3) is 0.600. The van der Waals surface area contributed by atoms with Crippen molar-refractivity contribution in [1.82, 2.24) is 4.90 Å². The molecule has 1 saturated carbocycles. The highest BCUT2D eigenvalue weighted by Crippen LogP contribution is 2.55. The van der Waals surface area contributed by atoms with Gasteiger partial charge < -0.3 is 14.6 Å². The average Bonchev–Trinajstić information content (AvgIpc) is 2.97. The van der Waals surface area contributed by atoms with Crippen LogP contribution in [0.25, 0.3) is 0 Å². The molecule has 0 radical (unpaired) electrons. The fourth-order valence-corrected chi connectivity index (χ4v) is 3.96. The second-order valence-electron chi connectivity index (χ2n) is 5.71. The second kappa shape index (κ2) is 4.12. The Labute approximate surface area is 112 Å². The van der Waals surface area contributed by atoms with Gasteiger partial charge in [0.2, 0.25) is 0 Å². The first-order valence-electron chi connectivity index (χ1n) is 7.14. The third kappa shape index (κ3) is 1.60. The van der Waals surface area contributed by atoms with Gasteiger partial charge in [0.05, 0.1) is 13.2 Å². The molecule has 1 saturated heterocycles. The van der Waals surface area contributed by atoms with E-state index in [9.17, 15) is 5.11 Å². The summed E-state index contributed by atoms with van der Waals surface area (Å²) in [6, 6.07) is 5.51. The van der Waals surface area contributed by atoms with Gasteiger partial charge in [-0.3, -0.25) is 4.90 Å². The minimum Gasteiger partial charge on any atom is -0.508 e. The molecule has 1 aromatic rings. The summed E-state index contributed by atoms with van der Waals surface area (Å²) in [5.74, 6) is 1.69. The van der Waals surface area contributed by atoms with Gasteiger partial charge in [-0.2, -0.15) is 0 Å². The number of rotatable bonds is 1. The number of nitrogens with zero attached hydrogens (tertiary/aromatic N) is 1. The quantitative estimate of drug-likeness (QED) is 0.840. The number of phenols is 1. The topological polar surface area (TPSA) is 41.9 Å². The lowest BCUT2D eigenvalue weighted by atomic mass is 9.92. The van der Waals surface area contributed by atoms with Crippen molar-refractivity contribution in [2.45, 2.75) is 30.9 Å². The van der Waals surface area contributed by atoms with Crippen LogP contribution in [0.15, 0.2) is 18.2 Å². The number of benzene rings is 1. The molecule has 2 atom stereocenters. The van der Waals surface area contributed by atoms with E-state index in [0.29, 0.717) is 11.7 Å². The minimum absolute atomic E-state index is 0.181. The molecule has 0 aromatic heterocycles. The van der Waals surface area contributed by atoms with Crippen LogP contribution >= 0.6 is 0 Å². The summed E-state index contributed by atoms with van der Waals surface area (Å²) in [5, 5.41) is 9.72. The van der Waals surface area contributed by atoms with Crippen molar-refractivity contribution >= 4 is 0 Å². The predicted molar refractivity (Wildman–Crippen MR) is 70.4 cm³/mol. The molecule has 19 heavy (non-hydrogen) atoms. The lowest BCUT2D eigenvalue weighted by molar-refractivity contribution is -0.115. The third-order valence-electron chi connectivity index (χ3n) is 4.77. The Kier molecular flexibility index (Phi) is 2.50. The molecule has 2 heterocycles. The molecule has 0 amide bonds. The molecular formula is C15H19NO3. The second-order valence-corrected chi connectivity index (χ2v) is 5.71. The van der Waals surface area contributed by atoms with Crippen LogP contribution in [0.1, 0.15) is 30.7 Å². The van der Waals surface area contributed by atoms with E-state index in [-0.39, 0.29) is 5.72 Å². The molecule has 3 aliphatic rings. The van der Waals surface area contributed by atoms with Crippen molar-refractivity contribution in [3.8, 4) is 11.5 Å². The van der Waals surface area contributed by atoms with E-state index in [0.717, 1.165) is 44.9 Å². The van der Waals surface area contributed by atoms with Crippen molar-refractivity contribution in [2.75, 3.05) is 26.3 Å². The molecule has 102 valence electrons. The van der Waals surface area contributed by atoms with Crippen LogP contribution in [0.5, 0.6) is 11.5 Å². The normalized spacial score (nSPS) is 33.8. The maximum absolute atomic E-state index is 9.72. The smallest absolute Gasteiger partial charge is 0.170 e.